The van der Waals surface area contributed by atoms with Crippen LogP contribution in [0.25, 0.3) is 6.08 Å². The zero-order valence-electron chi connectivity index (χ0n) is 16.2. The number of hydrogen-bond acceptors (Lipinski definition) is 5. The molecule has 0 saturated heterocycles. The number of ketones is 1. The number of rotatable bonds is 6. The first kappa shape index (κ1) is 18.6. The Morgan fingerprint density at radius 3 is 2.41 bits per heavy atom. The number of benzene rings is 3. The van der Waals surface area contributed by atoms with Gasteiger partial charge in [0, 0.05) is 11.6 Å². The summed E-state index contributed by atoms with van der Waals surface area (Å²) in [7, 11) is 3.23. The number of methoxy groups -OCH3 is 2. The van der Waals surface area contributed by atoms with E-state index in [0.29, 0.717) is 29.4 Å². The highest BCUT2D eigenvalue weighted by Crippen LogP contribution is 2.36. The van der Waals surface area contributed by atoms with E-state index in [-0.39, 0.29) is 11.5 Å². The van der Waals surface area contributed by atoms with E-state index >= 15 is 0 Å². The molecule has 5 heteroatoms. The lowest BCUT2D eigenvalue weighted by Gasteiger charge is -2.08. The predicted molar refractivity (Wildman–Crippen MR) is 110 cm³/mol. The minimum atomic E-state index is -0.160. The van der Waals surface area contributed by atoms with E-state index in [1.807, 2.05) is 48.5 Å². The molecule has 0 aromatic heterocycles. The Hall–Kier alpha value is -3.73. The van der Waals surface area contributed by atoms with Crippen molar-refractivity contribution in [3.8, 4) is 23.0 Å². The zero-order valence-corrected chi connectivity index (χ0v) is 16.2. The van der Waals surface area contributed by atoms with E-state index in [0.717, 1.165) is 16.9 Å². The molecule has 0 bridgehead atoms. The summed E-state index contributed by atoms with van der Waals surface area (Å²) in [6.07, 6.45) is 1.69. The van der Waals surface area contributed by atoms with Crippen molar-refractivity contribution in [2.45, 2.75) is 6.61 Å². The number of allylic oxidation sites excluding steroid dienone is 1. The Bertz CT molecular complexity index is 1070. The van der Waals surface area contributed by atoms with Crippen molar-refractivity contribution in [3.63, 3.8) is 0 Å². The van der Waals surface area contributed by atoms with Gasteiger partial charge >= 0.3 is 0 Å². The topological polar surface area (TPSA) is 54.0 Å². The average molecular weight is 388 g/mol. The van der Waals surface area contributed by atoms with Gasteiger partial charge in [-0.25, -0.2) is 0 Å². The Morgan fingerprint density at radius 2 is 1.66 bits per heavy atom. The minimum absolute atomic E-state index is 0.160. The maximum atomic E-state index is 12.7. The summed E-state index contributed by atoms with van der Waals surface area (Å²) in [5, 5.41) is 0. The first-order chi connectivity index (χ1) is 14.2. The third kappa shape index (κ3) is 3.94. The molecule has 0 unspecified atom stereocenters. The SMILES string of the molecule is COc1ccc(COc2ccc3c(c2)O/C(=C\c2ccccc2OC)C3=O)cc1. The molecule has 146 valence electrons. The van der Waals surface area contributed by atoms with E-state index in [1.165, 1.54) is 0 Å². The number of hydrogen-bond donors (Lipinski definition) is 0. The normalized spacial score (nSPS) is 13.7. The molecule has 3 aromatic rings. The maximum Gasteiger partial charge on any atom is 0.231 e. The Kier molecular flexibility index (Phi) is 5.20. The lowest BCUT2D eigenvalue weighted by Crippen LogP contribution is -1.98. The Labute approximate surface area is 169 Å². The molecule has 0 aliphatic carbocycles. The number of carbonyl (C=O) groups is 1. The molecule has 0 fully saturated rings. The van der Waals surface area contributed by atoms with Crippen molar-refractivity contribution in [1.82, 2.24) is 0 Å². The van der Waals surface area contributed by atoms with Crippen LogP contribution in [-0.2, 0) is 6.61 Å². The van der Waals surface area contributed by atoms with Crippen molar-refractivity contribution >= 4 is 11.9 Å². The van der Waals surface area contributed by atoms with Crippen LogP contribution in [0.1, 0.15) is 21.5 Å². The summed E-state index contributed by atoms with van der Waals surface area (Å²) in [5.74, 6) is 2.70. The summed E-state index contributed by atoms with van der Waals surface area (Å²) in [6, 6.07) is 20.4. The molecular weight excluding hydrogens is 368 g/mol. The quantitative estimate of drug-likeness (QED) is 0.562. The second-order valence-electron chi connectivity index (χ2n) is 6.48. The van der Waals surface area contributed by atoms with E-state index in [1.54, 1.807) is 38.5 Å². The molecule has 1 heterocycles. The second-order valence-corrected chi connectivity index (χ2v) is 6.48. The number of para-hydroxylation sites is 1. The smallest absolute Gasteiger partial charge is 0.231 e. The summed E-state index contributed by atoms with van der Waals surface area (Å²) in [6.45, 7) is 0.403. The highest BCUT2D eigenvalue weighted by Gasteiger charge is 2.28. The Morgan fingerprint density at radius 1 is 0.897 bits per heavy atom. The standard InChI is InChI=1S/C24H20O5/c1-26-18-9-7-16(8-10-18)15-28-19-11-12-20-22(14-19)29-23(24(20)25)13-17-5-3-4-6-21(17)27-2/h3-14H,15H2,1-2H3/b23-13-. The van der Waals surface area contributed by atoms with Crippen molar-refractivity contribution in [1.29, 1.82) is 0 Å². The molecule has 0 saturated carbocycles. The van der Waals surface area contributed by atoms with Gasteiger partial charge in [-0.3, -0.25) is 4.79 Å². The van der Waals surface area contributed by atoms with Crippen LogP contribution in [0.3, 0.4) is 0 Å². The van der Waals surface area contributed by atoms with E-state index in [2.05, 4.69) is 0 Å². The maximum absolute atomic E-state index is 12.7. The number of Topliss-reactive ketones (excluding diaryl/α,β-unsaturated/α-hetero) is 1. The van der Waals surface area contributed by atoms with Gasteiger partial charge in [0.15, 0.2) is 5.76 Å². The molecule has 0 radical (unpaired) electrons. The lowest BCUT2D eigenvalue weighted by molar-refractivity contribution is 0.101. The summed E-state index contributed by atoms with van der Waals surface area (Å²) in [4.78, 5) is 12.7. The minimum Gasteiger partial charge on any atom is -0.497 e. The molecule has 29 heavy (non-hydrogen) atoms. The first-order valence-corrected chi connectivity index (χ1v) is 9.15. The van der Waals surface area contributed by atoms with Crippen molar-refractivity contribution in [2.75, 3.05) is 14.2 Å². The molecule has 0 amide bonds. The van der Waals surface area contributed by atoms with E-state index in [4.69, 9.17) is 18.9 Å². The van der Waals surface area contributed by atoms with Gasteiger partial charge in [0.05, 0.1) is 19.8 Å². The molecule has 3 aromatic carbocycles. The summed E-state index contributed by atoms with van der Waals surface area (Å²) < 4.78 is 22.1. The fourth-order valence-electron chi connectivity index (χ4n) is 3.07. The van der Waals surface area contributed by atoms with Crippen LogP contribution in [0.4, 0.5) is 0 Å². The number of ether oxygens (including phenoxy) is 4. The average Bonchev–Trinajstić information content (AvgIpc) is 3.07. The molecule has 0 atom stereocenters. The van der Waals surface area contributed by atoms with Crippen molar-refractivity contribution < 1.29 is 23.7 Å². The monoisotopic (exact) mass is 388 g/mol. The van der Waals surface area contributed by atoms with Crippen LogP contribution in [0.2, 0.25) is 0 Å². The third-order valence-corrected chi connectivity index (χ3v) is 4.63. The summed E-state index contributed by atoms with van der Waals surface area (Å²) >= 11 is 0. The van der Waals surface area contributed by atoms with Gasteiger partial charge < -0.3 is 18.9 Å². The molecule has 1 aliphatic heterocycles. The Balaban J connectivity index is 1.50. The molecule has 0 N–H and O–H groups in total. The second kappa shape index (κ2) is 8.10. The van der Waals surface area contributed by atoms with Gasteiger partial charge in [-0.15, -0.1) is 0 Å². The van der Waals surface area contributed by atoms with Crippen molar-refractivity contribution in [3.05, 3.63) is 89.2 Å². The van der Waals surface area contributed by atoms with Crippen LogP contribution >= 0.6 is 0 Å². The fourth-order valence-corrected chi connectivity index (χ4v) is 3.07. The largest absolute Gasteiger partial charge is 0.497 e. The van der Waals surface area contributed by atoms with Crippen LogP contribution < -0.4 is 18.9 Å². The molecule has 1 aliphatic rings. The van der Waals surface area contributed by atoms with Crippen LogP contribution in [0.5, 0.6) is 23.0 Å². The van der Waals surface area contributed by atoms with Crippen LogP contribution in [0.15, 0.2) is 72.5 Å². The number of carbonyl (C=O) groups excluding carboxylic acids is 1. The zero-order chi connectivity index (χ0) is 20.2. The van der Waals surface area contributed by atoms with Gasteiger partial charge in [-0.2, -0.15) is 0 Å². The number of fused-ring (bicyclic) bond motifs is 1. The molecule has 5 nitrogen and oxygen atoms in total. The third-order valence-electron chi connectivity index (χ3n) is 4.63. The predicted octanol–water partition coefficient (Wildman–Crippen LogP) is 4.90. The molecule has 4 rings (SSSR count). The van der Waals surface area contributed by atoms with E-state index in [9.17, 15) is 4.79 Å². The molecule has 0 spiro atoms. The molecular formula is C24H20O5. The van der Waals surface area contributed by atoms with Gasteiger partial charge in [0.1, 0.15) is 29.6 Å². The highest BCUT2D eigenvalue weighted by atomic mass is 16.5. The fraction of sp³-hybridized carbons (Fsp3) is 0.125. The van der Waals surface area contributed by atoms with Crippen LogP contribution in [-0.4, -0.2) is 20.0 Å². The summed E-state index contributed by atoms with van der Waals surface area (Å²) in [5.41, 5.74) is 2.31. The first-order valence-electron chi connectivity index (χ1n) is 9.15. The van der Waals surface area contributed by atoms with Crippen LogP contribution in [0, 0.1) is 0 Å². The lowest BCUT2D eigenvalue weighted by atomic mass is 10.1. The van der Waals surface area contributed by atoms with E-state index < -0.39 is 0 Å². The highest BCUT2D eigenvalue weighted by molar-refractivity contribution is 6.14. The van der Waals surface area contributed by atoms with Gasteiger partial charge in [0.2, 0.25) is 5.78 Å². The van der Waals surface area contributed by atoms with Gasteiger partial charge in [-0.05, 0) is 42.0 Å². The van der Waals surface area contributed by atoms with Gasteiger partial charge in [0.25, 0.3) is 0 Å². The van der Waals surface area contributed by atoms with Crippen molar-refractivity contribution in [2.24, 2.45) is 0 Å². The van der Waals surface area contributed by atoms with Gasteiger partial charge in [-0.1, -0.05) is 30.3 Å².